The van der Waals surface area contributed by atoms with Gasteiger partial charge in [0.1, 0.15) is 11.2 Å². The molecule has 0 saturated heterocycles. The Labute approximate surface area is 345 Å². The average Bonchev–Trinajstić information content (AvgIpc) is 3.78. The molecule has 0 fully saturated rings. The molecular formula is C57H41NO. The van der Waals surface area contributed by atoms with Gasteiger partial charge in [0.05, 0.1) is 0 Å². The third-order valence-electron chi connectivity index (χ3n) is 12.3. The van der Waals surface area contributed by atoms with Crippen LogP contribution in [0.2, 0.25) is 0 Å². The van der Waals surface area contributed by atoms with Crippen LogP contribution in [-0.2, 0) is 5.41 Å². The Morgan fingerprint density at radius 3 is 1.34 bits per heavy atom. The van der Waals surface area contributed by atoms with Gasteiger partial charge in [-0.3, -0.25) is 0 Å². The second-order valence-electron chi connectivity index (χ2n) is 16.1. The Morgan fingerprint density at radius 2 is 0.797 bits per heavy atom. The number of rotatable bonds is 7. The molecule has 10 aromatic rings. The first-order valence-corrected chi connectivity index (χ1v) is 20.4. The molecule has 2 nitrogen and oxygen atoms in total. The van der Waals surface area contributed by atoms with E-state index >= 15 is 0 Å². The molecule has 1 heterocycles. The summed E-state index contributed by atoms with van der Waals surface area (Å²) in [5, 5.41) is 2.31. The number of furan rings is 1. The second kappa shape index (κ2) is 13.9. The Hall–Kier alpha value is -7.42. The lowest BCUT2D eigenvalue weighted by Gasteiger charge is -2.26. The zero-order valence-electron chi connectivity index (χ0n) is 33.1. The van der Waals surface area contributed by atoms with E-state index < -0.39 is 0 Å². The van der Waals surface area contributed by atoms with E-state index in [-0.39, 0.29) is 5.41 Å². The van der Waals surface area contributed by atoms with Crippen LogP contribution in [-0.4, -0.2) is 0 Å². The summed E-state index contributed by atoms with van der Waals surface area (Å²) >= 11 is 0. The molecule has 1 aromatic heterocycles. The minimum atomic E-state index is -0.142. The molecule has 1 aliphatic carbocycles. The quantitative estimate of drug-likeness (QED) is 0.161. The molecule has 0 amide bonds. The molecular weight excluding hydrogens is 715 g/mol. The first-order chi connectivity index (χ1) is 29.0. The lowest BCUT2D eigenvalue weighted by atomic mass is 9.81. The summed E-state index contributed by atoms with van der Waals surface area (Å²) in [4.78, 5) is 2.33. The molecule has 0 radical (unpaired) electrons. The maximum absolute atomic E-state index is 6.85. The van der Waals surface area contributed by atoms with Crippen molar-refractivity contribution >= 4 is 39.0 Å². The van der Waals surface area contributed by atoms with Crippen LogP contribution in [0.3, 0.4) is 0 Å². The van der Waals surface area contributed by atoms with Gasteiger partial charge in [0, 0.05) is 38.8 Å². The van der Waals surface area contributed by atoms with Gasteiger partial charge in [-0.05, 0) is 116 Å². The summed E-state index contributed by atoms with van der Waals surface area (Å²) in [5.41, 5.74) is 19.8. The molecule has 11 rings (SSSR count). The van der Waals surface area contributed by atoms with Gasteiger partial charge in [0.25, 0.3) is 0 Å². The predicted octanol–water partition coefficient (Wildman–Crippen LogP) is 16.0. The fourth-order valence-corrected chi connectivity index (χ4v) is 9.29. The topological polar surface area (TPSA) is 16.4 Å². The first kappa shape index (κ1) is 34.8. The van der Waals surface area contributed by atoms with Crippen molar-refractivity contribution in [2.75, 3.05) is 4.90 Å². The van der Waals surface area contributed by atoms with Crippen LogP contribution in [0, 0.1) is 0 Å². The molecule has 0 aliphatic heterocycles. The van der Waals surface area contributed by atoms with Crippen molar-refractivity contribution in [1.29, 1.82) is 0 Å². The molecule has 0 spiro atoms. The number of hydrogen-bond donors (Lipinski definition) is 0. The average molecular weight is 756 g/mol. The van der Waals surface area contributed by atoms with Crippen LogP contribution >= 0.6 is 0 Å². The fraction of sp³-hybridized carbons (Fsp3) is 0.0526. The van der Waals surface area contributed by atoms with Crippen LogP contribution in [0.25, 0.3) is 77.6 Å². The number of hydrogen-bond acceptors (Lipinski definition) is 2. The number of benzene rings is 9. The van der Waals surface area contributed by atoms with Crippen molar-refractivity contribution in [3.63, 3.8) is 0 Å². The van der Waals surface area contributed by atoms with Gasteiger partial charge in [-0.15, -0.1) is 0 Å². The van der Waals surface area contributed by atoms with Crippen molar-refractivity contribution in [2.24, 2.45) is 0 Å². The molecule has 0 atom stereocenters. The molecule has 9 aromatic carbocycles. The highest BCUT2D eigenvalue weighted by atomic mass is 16.3. The summed E-state index contributed by atoms with van der Waals surface area (Å²) in [6.45, 7) is 4.67. The Balaban J connectivity index is 0.994. The zero-order valence-corrected chi connectivity index (χ0v) is 33.1. The number of anilines is 3. The van der Waals surface area contributed by atoms with Gasteiger partial charge >= 0.3 is 0 Å². The van der Waals surface area contributed by atoms with E-state index in [9.17, 15) is 0 Å². The van der Waals surface area contributed by atoms with Crippen LogP contribution in [0.5, 0.6) is 0 Å². The van der Waals surface area contributed by atoms with Crippen LogP contribution in [0.1, 0.15) is 25.0 Å². The Bertz CT molecular complexity index is 3040. The van der Waals surface area contributed by atoms with Crippen molar-refractivity contribution in [1.82, 2.24) is 0 Å². The zero-order chi connectivity index (χ0) is 39.5. The van der Waals surface area contributed by atoms with E-state index in [2.05, 4.69) is 231 Å². The molecule has 59 heavy (non-hydrogen) atoms. The Morgan fingerprint density at radius 1 is 0.356 bits per heavy atom. The van der Waals surface area contributed by atoms with Crippen LogP contribution in [0.4, 0.5) is 17.1 Å². The first-order valence-electron chi connectivity index (χ1n) is 20.4. The van der Waals surface area contributed by atoms with E-state index in [1.54, 1.807) is 0 Å². The van der Waals surface area contributed by atoms with E-state index in [0.29, 0.717) is 0 Å². The molecule has 1 aliphatic rings. The van der Waals surface area contributed by atoms with Gasteiger partial charge < -0.3 is 9.32 Å². The smallest absolute Gasteiger partial charge is 0.136 e. The summed E-state index contributed by atoms with van der Waals surface area (Å²) in [6, 6.07) is 76.5. The second-order valence-corrected chi connectivity index (χ2v) is 16.1. The van der Waals surface area contributed by atoms with E-state index in [1.807, 2.05) is 0 Å². The monoisotopic (exact) mass is 755 g/mol. The van der Waals surface area contributed by atoms with Gasteiger partial charge in [0.2, 0.25) is 0 Å². The molecule has 0 bridgehead atoms. The summed E-state index contributed by atoms with van der Waals surface area (Å²) in [5.74, 6) is 0. The minimum absolute atomic E-state index is 0.142. The Kier molecular flexibility index (Phi) is 8.20. The van der Waals surface area contributed by atoms with Crippen molar-refractivity contribution in [2.45, 2.75) is 19.3 Å². The summed E-state index contributed by atoms with van der Waals surface area (Å²) < 4.78 is 6.85. The highest BCUT2D eigenvalue weighted by Gasteiger charge is 2.38. The van der Waals surface area contributed by atoms with Gasteiger partial charge in [-0.1, -0.05) is 172 Å². The molecule has 2 heteroatoms. The van der Waals surface area contributed by atoms with E-state index in [1.165, 1.54) is 61.0 Å². The van der Waals surface area contributed by atoms with Gasteiger partial charge in [-0.25, -0.2) is 0 Å². The van der Waals surface area contributed by atoms with Crippen molar-refractivity contribution in [3.05, 3.63) is 223 Å². The van der Waals surface area contributed by atoms with Gasteiger partial charge in [0.15, 0.2) is 0 Å². The van der Waals surface area contributed by atoms with Crippen molar-refractivity contribution in [3.8, 4) is 55.6 Å². The van der Waals surface area contributed by atoms with Gasteiger partial charge in [-0.2, -0.15) is 0 Å². The molecule has 0 N–H and O–H groups in total. The minimum Gasteiger partial charge on any atom is -0.456 e. The predicted molar refractivity (Wildman–Crippen MR) is 248 cm³/mol. The lowest BCUT2D eigenvalue weighted by molar-refractivity contribution is 0.647. The number of nitrogens with zero attached hydrogens (tertiary/aromatic N) is 1. The van der Waals surface area contributed by atoms with Crippen molar-refractivity contribution < 1.29 is 4.42 Å². The maximum Gasteiger partial charge on any atom is 0.136 e. The van der Waals surface area contributed by atoms with E-state index in [4.69, 9.17) is 4.42 Å². The molecule has 280 valence electrons. The third-order valence-corrected chi connectivity index (χ3v) is 12.3. The highest BCUT2D eigenvalue weighted by molar-refractivity contribution is 6.18. The standard InChI is InChI=1S/C57H41NO/c1-57(2)50-21-13-12-20-48(50)55-51(57)37-53-56(54(55)43-18-10-5-11-19-43)49-35-28-44(36-52(49)59-53)42-26-33-47(34-27-42)58(45-29-22-40(23-30-45)38-14-6-3-7-15-38)46-31-24-41(25-32-46)39-16-8-4-9-17-39/h3-37H,1-2H3. The largest absolute Gasteiger partial charge is 0.456 e. The summed E-state index contributed by atoms with van der Waals surface area (Å²) in [6.07, 6.45) is 0. The SMILES string of the molecule is CC1(C)c2ccccc2-c2c1cc1oc3cc(-c4ccc(N(c5ccc(-c6ccccc6)cc5)c5ccc(-c6ccccc6)cc5)cc4)ccc3c1c2-c1ccccc1. The maximum atomic E-state index is 6.85. The fourth-order valence-electron chi connectivity index (χ4n) is 9.29. The lowest BCUT2D eigenvalue weighted by Crippen LogP contribution is -2.14. The molecule has 0 unspecified atom stereocenters. The third kappa shape index (κ3) is 5.87. The van der Waals surface area contributed by atoms with Crippen LogP contribution < -0.4 is 4.90 Å². The molecule has 0 saturated carbocycles. The van der Waals surface area contributed by atoms with Crippen LogP contribution in [0.15, 0.2) is 217 Å². The summed E-state index contributed by atoms with van der Waals surface area (Å²) in [7, 11) is 0. The van der Waals surface area contributed by atoms with E-state index in [0.717, 1.165) is 44.7 Å². The number of fused-ring (bicyclic) bond motifs is 6. The normalized spacial score (nSPS) is 12.7. The highest BCUT2D eigenvalue weighted by Crippen LogP contribution is 2.55.